The molecule has 3 heterocycles. The summed E-state index contributed by atoms with van der Waals surface area (Å²) < 4.78 is 70.9. The summed E-state index contributed by atoms with van der Waals surface area (Å²) in [5.74, 6) is -4.23. The minimum atomic E-state index is -4.95. The number of amides is 2. The van der Waals surface area contributed by atoms with Gasteiger partial charge in [-0.3, -0.25) is 13.9 Å². The van der Waals surface area contributed by atoms with Crippen molar-refractivity contribution in [1.29, 1.82) is 5.26 Å². The lowest BCUT2D eigenvalue weighted by Crippen LogP contribution is -2.19. The third kappa shape index (κ3) is 6.26. The summed E-state index contributed by atoms with van der Waals surface area (Å²) in [6, 6.07) is 8.95. The predicted molar refractivity (Wildman–Crippen MR) is 151 cm³/mol. The Morgan fingerprint density at radius 2 is 1.84 bits per heavy atom. The first kappa shape index (κ1) is 30.3. The largest absolute Gasteiger partial charge is 0.416 e. The smallest absolute Gasteiger partial charge is 0.366 e. The van der Waals surface area contributed by atoms with Crippen molar-refractivity contribution in [2.45, 2.75) is 11.1 Å². The van der Waals surface area contributed by atoms with Crippen molar-refractivity contribution in [2.75, 3.05) is 5.32 Å². The number of nitrogens with two attached hydrogens (primary N) is 1. The molecule has 2 aromatic heterocycles. The van der Waals surface area contributed by atoms with E-state index in [1.54, 1.807) is 0 Å². The highest BCUT2D eigenvalue weighted by molar-refractivity contribution is 7.97. The highest BCUT2D eigenvalue weighted by atomic mass is 35.5. The number of carbonyl (C=O) groups excluding carboxylic acids is 2. The van der Waals surface area contributed by atoms with E-state index in [2.05, 4.69) is 15.4 Å². The Morgan fingerprint density at radius 1 is 1.07 bits per heavy atom. The van der Waals surface area contributed by atoms with Crippen LogP contribution < -0.4 is 11.1 Å². The van der Waals surface area contributed by atoms with Crippen molar-refractivity contribution in [3.05, 3.63) is 112 Å². The number of pyridine rings is 1. The maximum absolute atomic E-state index is 14.3. The van der Waals surface area contributed by atoms with Crippen LogP contribution >= 0.6 is 23.5 Å². The average Bonchev–Trinajstić information content (AvgIpc) is 3.38. The van der Waals surface area contributed by atoms with Crippen LogP contribution in [0.5, 0.6) is 0 Å². The van der Waals surface area contributed by atoms with E-state index in [-0.39, 0.29) is 44.1 Å². The number of nitrogens with one attached hydrogen (secondary N) is 1. The summed E-state index contributed by atoms with van der Waals surface area (Å²) in [7, 11) is 0. The molecule has 1 aliphatic heterocycles. The van der Waals surface area contributed by atoms with Crippen LogP contribution in [0.3, 0.4) is 0 Å². The molecule has 0 saturated carbocycles. The molecule has 0 fully saturated rings. The van der Waals surface area contributed by atoms with E-state index in [0.29, 0.717) is 29.7 Å². The van der Waals surface area contributed by atoms with Crippen molar-refractivity contribution < 1.29 is 31.5 Å². The fourth-order valence-corrected chi connectivity index (χ4v) is 5.37. The highest BCUT2D eigenvalue weighted by Gasteiger charge is 2.32. The van der Waals surface area contributed by atoms with Crippen LogP contribution in [0, 0.1) is 17.1 Å². The summed E-state index contributed by atoms with van der Waals surface area (Å²) in [5.41, 5.74) is 3.90. The predicted octanol–water partition coefficient (Wildman–Crippen LogP) is 6.55. The lowest BCUT2D eigenvalue weighted by molar-refractivity contribution is -0.137. The third-order valence-corrected chi connectivity index (χ3v) is 7.31. The number of fused-ring (bicyclic) bond motifs is 1. The van der Waals surface area contributed by atoms with Crippen molar-refractivity contribution in [1.82, 2.24) is 18.9 Å². The molecule has 0 radical (unpaired) electrons. The summed E-state index contributed by atoms with van der Waals surface area (Å²) in [4.78, 5) is 30.0. The number of halogens is 6. The number of benzene rings is 2. The van der Waals surface area contributed by atoms with Crippen LogP contribution in [0.1, 0.15) is 32.0 Å². The maximum Gasteiger partial charge on any atom is 0.416 e. The van der Waals surface area contributed by atoms with Crippen LogP contribution in [-0.4, -0.2) is 30.7 Å². The molecular formula is C28H15ClF5N7O2S. The van der Waals surface area contributed by atoms with Crippen LogP contribution in [-0.2, 0) is 6.18 Å². The minimum absolute atomic E-state index is 0.00800. The van der Waals surface area contributed by atoms with Crippen molar-refractivity contribution in [3.8, 4) is 17.2 Å². The van der Waals surface area contributed by atoms with Crippen LogP contribution in [0.2, 0.25) is 0 Å². The number of carbonyl (C=O) groups is 2. The standard InChI is InChI=1S/C28H15ClF5N7O2S/c29-17-1-2-18(30)12-40(11-17)44-25-21(26(36)42)7-14(20-3-4-24-37-13-38-41(24)23(20)10-35)8-22(25)39-27(43)15-5-16(28(32,33)34)9-19(31)6-15/h1-9,11-13H,(H2,36,42)(H,39,43). The zero-order valence-electron chi connectivity index (χ0n) is 21.7. The summed E-state index contributed by atoms with van der Waals surface area (Å²) >= 11 is 6.77. The number of hydrogen-bond donors (Lipinski definition) is 2. The zero-order chi connectivity index (χ0) is 31.8. The van der Waals surface area contributed by atoms with Gasteiger partial charge in [-0.25, -0.2) is 18.3 Å². The SMILES string of the molecule is N#Cc1c(-c2cc(NC(=O)c3cc(F)cc(C(F)(F)F)c3)c(SN3C=C(F)C=CC(Cl)=C3)c(C(N)=O)c2)ccc2ncnn12. The van der Waals surface area contributed by atoms with E-state index in [1.807, 2.05) is 6.07 Å². The normalized spacial score (nSPS) is 13.2. The molecule has 9 nitrogen and oxygen atoms in total. The number of nitrogens with zero attached hydrogens (tertiary/aromatic N) is 5. The number of allylic oxidation sites excluding steroid dienone is 4. The van der Waals surface area contributed by atoms with E-state index < -0.39 is 40.8 Å². The molecular weight excluding hydrogens is 629 g/mol. The summed E-state index contributed by atoms with van der Waals surface area (Å²) in [6.07, 6.45) is 0.903. The number of anilines is 1. The second-order valence-electron chi connectivity index (χ2n) is 9.00. The fraction of sp³-hybridized carbons (Fsp3) is 0.0357. The number of aromatic nitrogens is 3. The molecule has 2 aromatic carbocycles. The van der Waals surface area contributed by atoms with E-state index >= 15 is 0 Å². The first-order chi connectivity index (χ1) is 20.8. The Hall–Kier alpha value is -5.20. The van der Waals surface area contributed by atoms with Gasteiger partial charge in [0, 0.05) is 17.3 Å². The quantitative estimate of drug-likeness (QED) is 0.180. The number of alkyl halides is 3. The lowest BCUT2D eigenvalue weighted by Gasteiger charge is -2.21. The van der Waals surface area contributed by atoms with Gasteiger partial charge in [0.05, 0.1) is 32.9 Å². The number of rotatable bonds is 6. The van der Waals surface area contributed by atoms with Gasteiger partial charge < -0.3 is 11.1 Å². The molecule has 16 heteroatoms. The van der Waals surface area contributed by atoms with E-state index in [0.717, 1.165) is 12.3 Å². The van der Waals surface area contributed by atoms with E-state index in [1.165, 1.54) is 51.7 Å². The highest BCUT2D eigenvalue weighted by Crippen LogP contribution is 2.40. The lowest BCUT2D eigenvalue weighted by atomic mass is 10.00. The van der Waals surface area contributed by atoms with E-state index in [9.17, 15) is 36.8 Å². The molecule has 2 amide bonds. The first-order valence-corrected chi connectivity index (χ1v) is 13.3. The molecule has 44 heavy (non-hydrogen) atoms. The van der Waals surface area contributed by atoms with Crippen LogP contribution in [0.4, 0.5) is 27.6 Å². The molecule has 0 bridgehead atoms. The minimum Gasteiger partial charge on any atom is -0.366 e. The van der Waals surface area contributed by atoms with Crippen molar-refractivity contribution in [3.63, 3.8) is 0 Å². The monoisotopic (exact) mass is 643 g/mol. The molecule has 0 unspecified atom stereocenters. The van der Waals surface area contributed by atoms with Crippen molar-refractivity contribution >= 4 is 46.7 Å². The van der Waals surface area contributed by atoms with Crippen LogP contribution in [0.25, 0.3) is 16.8 Å². The molecule has 0 spiro atoms. The molecule has 1 aliphatic rings. The molecule has 0 aliphatic carbocycles. The molecule has 222 valence electrons. The van der Waals surface area contributed by atoms with Gasteiger partial charge in [0.1, 0.15) is 24.0 Å². The van der Waals surface area contributed by atoms with Gasteiger partial charge in [0.2, 0.25) is 5.91 Å². The van der Waals surface area contributed by atoms with Gasteiger partial charge in [-0.1, -0.05) is 11.6 Å². The molecule has 0 saturated heterocycles. The second-order valence-corrected chi connectivity index (χ2v) is 10.4. The number of hydrogen-bond acceptors (Lipinski definition) is 7. The molecule has 4 aromatic rings. The third-order valence-electron chi connectivity index (χ3n) is 6.05. The first-order valence-electron chi connectivity index (χ1n) is 12.1. The van der Waals surface area contributed by atoms with Gasteiger partial charge in [0.15, 0.2) is 11.3 Å². The Kier molecular flexibility index (Phi) is 8.13. The van der Waals surface area contributed by atoms with Crippen molar-refractivity contribution in [2.24, 2.45) is 5.73 Å². The van der Waals surface area contributed by atoms with Gasteiger partial charge in [-0.2, -0.15) is 23.5 Å². The Balaban J connectivity index is 1.70. The van der Waals surface area contributed by atoms with Gasteiger partial charge in [0.25, 0.3) is 5.91 Å². The van der Waals surface area contributed by atoms with Gasteiger partial charge in [-0.15, -0.1) is 0 Å². The Bertz CT molecular complexity index is 1960. The van der Waals surface area contributed by atoms with Gasteiger partial charge in [-0.05, 0) is 72.1 Å². The zero-order valence-corrected chi connectivity index (χ0v) is 23.3. The summed E-state index contributed by atoms with van der Waals surface area (Å²) in [6.45, 7) is 0. The second kappa shape index (κ2) is 11.8. The fourth-order valence-electron chi connectivity index (χ4n) is 4.15. The number of primary amides is 1. The molecule has 5 rings (SSSR count). The molecule has 3 N–H and O–H groups in total. The Morgan fingerprint density at radius 3 is 2.55 bits per heavy atom. The topological polar surface area (TPSA) is 129 Å². The number of nitriles is 1. The maximum atomic E-state index is 14.3. The van der Waals surface area contributed by atoms with Crippen LogP contribution in [0.15, 0.2) is 89.1 Å². The average molecular weight is 644 g/mol. The Labute approximate surface area is 253 Å². The molecule has 0 atom stereocenters. The van der Waals surface area contributed by atoms with Gasteiger partial charge >= 0.3 is 6.18 Å². The van der Waals surface area contributed by atoms with E-state index in [4.69, 9.17) is 17.3 Å². The summed E-state index contributed by atoms with van der Waals surface area (Å²) in [5, 5.41) is 16.4.